The van der Waals surface area contributed by atoms with Gasteiger partial charge in [-0.2, -0.15) is 17.6 Å². The molecule has 148 valence electrons. The van der Waals surface area contributed by atoms with Crippen molar-refractivity contribution in [1.29, 1.82) is 0 Å². The third-order valence-corrected chi connectivity index (χ3v) is 4.55. The molecule has 2 aromatic carbocycles. The molecule has 1 aliphatic carbocycles. The first kappa shape index (κ1) is 19.9. The van der Waals surface area contributed by atoms with E-state index in [1.54, 1.807) is 0 Å². The number of hydrogen-bond acceptors (Lipinski definition) is 3. The molecule has 0 fully saturated rings. The van der Waals surface area contributed by atoms with Crippen LogP contribution < -0.4 is 9.47 Å². The summed E-state index contributed by atoms with van der Waals surface area (Å²) in [6.07, 6.45) is 2.56. The number of Topliss-reactive ketones (excluding diaryl/α,β-unsaturated/α-hetero) is 1. The number of alkyl halides is 4. The van der Waals surface area contributed by atoms with Crippen LogP contribution in [-0.2, 0) is 6.42 Å². The number of carbonyl (C=O) groups excluding carboxylic acids is 1. The minimum absolute atomic E-state index is 0.177. The van der Waals surface area contributed by atoms with Gasteiger partial charge in [-0.3, -0.25) is 4.79 Å². The summed E-state index contributed by atoms with van der Waals surface area (Å²) >= 11 is 0. The van der Waals surface area contributed by atoms with E-state index in [1.807, 2.05) is 26.0 Å². The van der Waals surface area contributed by atoms with Crippen molar-refractivity contribution in [1.82, 2.24) is 0 Å². The van der Waals surface area contributed by atoms with E-state index in [0.717, 1.165) is 22.8 Å². The molecule has 0 spiro atoms. The highest BCUT2D eigenvalue weighted by Crippen LogP contribution is 2.33. The molecule has 0 saturated heterocycles. The maximum Gasteiger partial charge on any atom is 0.387 e. The average molecular weight is 394 g/mol. The van der Waals surface area contributed by atoms with Gasteiger partial charge >= 0.3 is 13.2 Å². The molecule has 3 rings (SSSR count). The van der Waals surface area contributed by atoms with E-state index in [2.05, 4.69) is 9.47 Å². The Labute approximate surface area is 159 Å². The maximum absolute atomic E-state index is 12.9. The summed E-state index contributed by atoms with van der Waals surface area (Å²) in [5.41, 5.74) is 4.22. The summed E-state index contributed by atoms with van der Waals surface area (Å²) < 4.78 is 58.9. The van der Waals surface area contributed by atoms with Crippen LogP contribution in [0.4, 0.5) is 17.6 Å². The van der Waals surface area contributed by atoms with Crippen molar-refractivity contribution in [2.45, 2.75) is 39.9 Å². The van der Waals surface area contributed by atoms with E-state index in [0.29, 0.717) is 24.0 Å². The molecule has 0 bridgehead atoms. The zero-order valence-electron chi connectivity index (χ0n) is 15.3. The highest BCUT2D eigenvalue weighted by Gasteiger charge is 2.24. The van der Waals surface area contributed by atoms with Gasteiger partial charge in [-0.25, -0.2) is 0 Å². The van der Waals surface area contributed by atoms with Crippen molar-refractivity contribution >= 4 is 11.9 Å². The predicted octanol–water partition coefficient (Wildman–Crippen LogP) is 5.72. The minimum Gasteiger partial charge on any atom is -0.435 e. The maximum atomic E-state index is 12.9. The molecule has 0 N–H and O–H groups in total. The number of hydrogen-bond donors (Lipinski definition) is 0. The van der Waals surface area contributed by atoms with E-state index in [9.17, 15) is 22.4 Å². The van der Waals surface area contributed by atoms with Crippen LogP contribution in [-0.4, -0.2) is 19.0 Å². The molecule has 2 aromatic rings. The van der Waals surface area contributed by atoms with Gasteiger partial charge in [-0.05, 0) is 62.1 Å². The van der Waals surface area contributed by atoms with Crippen LogP contribution in [0.2, 0.25) is 0 Å². The Hall–Kier alpha value is -2.83. The second-order valence-electron chi connectivity index (χ2n) is 6.56. The van der Waals surface area contributed by atoms with Crippen molar-refractivity contribution < 1.29 is 31.8 Å². The number of rotatable bonds is 5. The van der Waals surface area contributed by atoms with Crippen molar-refractivity contribution in [3.63, 3.8) is 0 Å². The van der Waals surface area contributed by atoms with E-state index < -0.39 is 13.2 Å². The molecule has 0 unspecified atom stereocenters. The SMILES string of the molecule is Cc1cc(C)c2c(c1)C(=O)C(=Cc1ccc(OC(F)F)cc1OC(F)F)CC2. The summed E-state index contributed by atoms with van der Waals surface area (Å²) in [4.78, 5) is 12.9. The van der Waals surface area contributed by atoms with E-state index >= 15 is 0 Å². The van der Waals surface area contributed by atoms with Crippen molar-refractivity contribution in [2.24, 2.45) is 0 Å². The number of ether oxygens (including phenoxy) is 2. The summed E-state index contributed by atoms with van der Waals surface area (Å²) in [6, 6.07) is 7.31. The lowest BCUT2D eigenvalue weighted by Gasteiger charge is -2.21. The molecule has 0 radical (unpaired) electrons. The number of benzene rings is 2. The van der Waals surface area contributed by atoms with Crippen LogP contribution in [0.1, 0.15) is 39.0 Å². The summed E-state index contributed by atoms with van der Waals surface area (Å²) in [5, 5.41) is 0. The van der Waals surface area contributed by atoms with Gasteiger partial charge in [0.2, 0.25) is 0 Å². The second kappa shape index (κ2) is 8.04. The normalized spacial score (nSPS) is 15.3. The highest BCUT2D eigenvalue weighted by molar-refractivity contribution is 6.13. The van der Waals surface area contributed by atoms with Crippen molar-refractivity contribution in [3.8, 4) is 11.5 Å². The Kier molecular flexibility index (Phi) is 5.72. The largest absolute Gasteiger partial charge is 0.435 e. The van der Waals surface area contributed by atoms with Crippen LogP contribution in [0, 0.1) is 13.8 Å². The Bertz CT molecular complexity index is 935. The fourth-order valence-electron chi connectivity index (χ4n) is 3.41. The highest BCUT2D eigenvalue weighted by atomic mass is 19.3. The Morgan fingerprint density at radius 3 is 2.36 bits per heavy atom. The van der Waals surface area contributed by atoms with E-state index in [-0.39, 0.29) is 22.8 Å². The Balaban J connectivity index is 1.99. The van der Waals surface area contributed by atoms with E-state index in [4.69, 9.17) is 0 Å². The molecule has 7 heteroatoms. The van der Waals surface area contributed by atoms with Crippen LogP contribution in [0.15, 0.2) is 35.9 Å². The smallest absolute Gasteiger partial charge is 0.387 e. The first-order valence-electron chi connectivity index (χ1n) is 8.63. The zero-order chi connectivity index (χ0) is 20.4. The summed E-state index contributed by atoms with van der Waals surface area (Å²) in [5.74, 6) is -0.817. The Morgan fingerprint density at radius 2 is 1.68 bits per heavy atom. The molecule has 0 aromatic heterocycles. The van der Waals surface area contributed by atoms with Crippen LogP contribution in [0.25, 0.3) is 6.08 Å². The van der Waals surface area contributed by atoms with Gasteiger partial charge in [0, 0.05) is 22.8 Å². The molecule has 0 heterocycles. The van der Waals surface area contributed by atoms with Gasteiger partial charge in [0.15, 0.2) is 5.78 Å². The first-order valence-corrected chi connectivity index (χ1v) is 8.63. The molecule has 3 nitrogen and oxygen atoms in total. The molecule has 0 saturated carbocycles. The summed E-state index contributed by atoms with van der Waals surface area (Å²) in [7, 11) is 0. The monoisotopic (exact) mass is 394 g/mol. The molecular formula is C21H18F4O3. The quantitative estimate of drug-likeness (QED) is 0.481. The van der Waals surface area contributed by atoms with Crippen LogP contribution >= 0.6 is 0 Å². The molecule has 0 amide bonds. The zero-order valence-corrected chi connectivity index (χ0v) is 15.3. The lowest BCUT2D eigenvalue weighted by Crippen LogP contribution is -2.16. The third kappa shape index (κ3) is 4.35. The third-order valence-electron chi connectivity index (χ3n) is 4.55. The first-order chi connectivity index (χ1) is 13.2. The van der Waals surface area contributed by atoms with Gasteiger partial charge in [-0.15, -0.1) is 0 Å². The number of halogens is 4. The van der Waals surface area contributed by atoms with Gasteiger partial charge in [-0.1, -0.05) is 11.6 Å². The number of ketones is 1. The number of fused-ring (bicyclic) bond motifs is 1. The van der Waals surface area contributed by atoms with Gasteiger partial charge < -0.3 is 9.47 Å². The number of allylic oxidation sites excluding steroid dienone is 1. The lowest BCUT2D eigenvalue weighted by atomic mass is 9.83. The molecule has 0 atom stereocenters. The number of carbonyl (C=O) groups is 1. The molecular weight excluding hydrogens is 376 g/mol. The molecule has 1 aliphatic rings. The van der Waals surface area contributed by atoms with Crippen LogP contribution in [0.5, 0.6) is 11.5 Å². The second-order valence-corrected chi connectivity index (χ2v) is 6.56. The average Bonchev–Trinajstić information content (AvgIpc) is 2.58. The lowest BCUT2D eigenvalue weighted by molar-refractivity contribution is -0.0543. The van der Waals surface area contributed by atoms with Crippen molar-refractivity contribution in [2.75, 3.05) is 0 Å². The fraction of sp³-hybridized carbons (Fsp3) is 0.286. The van der Waals surface area contributed by atoms with Gasteiger partial charge in [0.1, 0.15) is 11.5 Å². The van der Waals surface area contributed by atoms with Crippen molar-refractivity contribution in [3.05, 3.63) is 63.7 Å². The van der Waals surface area contributed by atoms with Gasteiger partial charge in [0.25, 0.3) is 0 Å². The van der Waals surface area contributed by atoms with E-state index in [1.165, 1.54) is 18.2 Å². The Morgan fingerprint density at radius 1 is 0.964 bits per heavy atom. The van der Waals surface area contributed by atoms with Crippen LogP contribution in [0.3, 0.4) is 0 Å². The van der Waals surface area contributed by atoms with Gasteiger partial charge in [0.05, 0.1) is 0 Å². The molecule has 0 aliphatic heterocycles. The minimum atomic E-state index is -3.15. The number of aryl methyl sites for hydroxylation is 2. The topological polar surface area (TPSA) is 35.5 Å². The molecule has 28 heavy (non-hydrogen) atoms. The standard InChI is InChI=1S/C21H18F4O3/c1-11-7-12(2)16-6-4-14(19(26)17(16)8-11)9-13-3-5-15(27-20(22)23)10-18(13)28-21(24)25/h3,5,7-10,20-21H,4,6H2,1-2H3. The summed E-state index contributed by atoms with van der Waals surface area (Å²) in [6.45, 7) is -2.39. The fourth-order valence-corrected chi connectivity index (χ4v) is 3.41. The predicted molar refractivity (Wildman–Crippen MR) is 96.3 cm³/mol.